The van der Waals surface area contributed by atoms with Crippen molar-refractivity contribution in [2.75, 3.05) is 138 Å². The van der Waals surface area contributed by atoms with Crippen LogP contribution in [-0.4, -0.2) is 266 Å². The highest BCUT2D eigenvalue weighted by atomic mass is 33.1. The van der Waals surface area contributed by atoms with Crippen LogP contribution >= 0.6 is 57.3 Å². The van der Waals surface area contributed by atoms with Crippen LogP contribution in [0.1, 0.15) is 191 Å². The molecule has 0 radical (unpaired) electrons. The van der Waals surface area contributed by atoms with E-state index in [1.807, 2.05) is 26.0 Å². The number of thiocarbonyl (C=S) groups is 1. The number of nitrogens with one attached hydrogen (secondary N) is 1. The highest BCUT2D eigenvalue weighted by Gasteiger charge is 2.72. The molecule has 6 unspecified atom stereocenters. The summed E-state index contributed by atoms with van der Waals surface area (Å²) in [5, 5.41) is 45.3. The van der Waals surface area contributed by atoms with E-state index in [1.54, 1.807) is 52.0 Å². The zero-order chi connectivity index (χ0) is 82.2. The van der Waals surface area contributed by atoms with Gasteiger partial charge in [0.1, 0.15) is 74.8 Å². The van der Waals surface area contributed by atoms with Gasteiger partial charge in [-0.15, -0.1) is 11.8 Å². The molecule has 28 nitrogen and oxygen atoms in total. The van der Waals surface area contributed by atoms with Gasteiger partial charge in [-0.2, -0.15) is 0 Å². The summed E-state index contributed by atoms with van der Waals surface area (Å²) in [5.41, 5.74) is -10.8. The van der Waals surface area contributed by atoms with Crippen LogP contribution in [0.3, 0.4) is 0 Å². The highest BCUT2D eigenvalue weighted by molar-refractivity contribution is 8.76. The number of amides is 1. The molecule has 1 aromatic rings. The summed E-state index contributed by atoms with van der Waals surface area (Å²) in [6.45, 7) is 23.9. The zero-order valence-corrected chi connectivity index (χ0v) is 71.0. The number of rotatable bonds is 64. The number of esters is 4. The second-order valence-electron chi connectivity index (χ2n) is 28.8. The van der Waals surface area contributed by atoms with Crippen molar-refractivity contribution in [3.8, 4) is 0 Å². The third-order valence-corrected chi connectivity index (χ3v) is 24.3. The number of thioether (sulfide) groups is 2. The van der Waals surface area contributed by atoms with Gasteiger partial charge >= 0.3 is 29.8 Å². The topological polar surface area (TPSA) is 369 Å². The van der Waals surface area contributed by atoms with Crippen molar-refractivity contribution < 1.29 is 116 Å². The largest absolute Gasteiger partial charge is 0.481 e. The lowest BCUT2D eigenvalue weighted by atomic mass is 9.46. The van der Waals surface area contributed by atoms with Crippen LogP contribution in [-0.2, 0) is 95.3 Å². The van der Waals surface area contributed by atoms with Crippen LogP contribution in [0.15, 0.2) is 29.4 Å². The Labute approximate surface area is 673 Å². The number of ketones is 3. The van der Waals surface area contributed by atoms with Crippen molar-refractivity contribution >= 4 is 114 Å². The number of Topliss-reactive ketones (excluding diaryl/α,β-unsaturated/α-hetero) is 3. The predicted octanol–water partition coefficient (Wildman–Crippen LogP) is 10.1. The van der Waals surface area contributed by atoms with E-state index >= 15 is 14.4 Å². The molecule has 5 N–H and O–H groups in total. The summed E-state index contributed by atoms with van der Waals surface area (Å²) in [4.78, 5) is 137. The first-order valence-electron chi connectivity index (χ1n) is 38.2. The van der Waals surface area contributed by atoms with Crippen molar-refractivity contribution in [1.29, 1.82) is 0 Å². The SMILES string of the molecule is [C-]#[N+]C(C)(CCC(=O)CCCOCCOCCC(=O)CCCOCCOCCC(=O)CCCCCCO[C@@H]1O[C@H](CO)[C@H](O)[C@H](O)[C@H]1NC(C)=O)CC(C)(C(=O)OCCOC)C(C)(C(=O)OCCN(C)C)C(C)(CC(CCC)(CC(C)(SC(=S)SCC)C(=O)OCCSSc1ccccn1)C(=O)O)C(=O)OCCCC. The minimum Gasteiger partial charge on any atom is -0.481 e. The number of hydrogen-bond acceptors (Lipinski definition) is 30. The van der Waals surface area contributed by atoms with E-state index in [-0.39, 0.29) is 142 Å². The number of likely N-dealkylation sites (N-methyl/N-ethyl adjacent to an activating group) is 1. The summed E-state index contributed by atoms with van der Waals surface area (Å²) < 4.78 is 62.0. The monoisotopic (exact) mass is 1650 g/mol. The lowest BCUT2D eigenvalue weighted by Gasteiger charge is -2.54. The molecular weight excluding hydrogens is 1530 g/mol. The van der Waals surface area contributed by atoms with Gasteiger partial charge in [0.25, 0.3) is 0 Å². The number of pyridine rings is 1. The summed E-state index contributed by atoms with van der Waals surface area (Å²) in [7, 11) is 7.72. The molecule has 0 saturated carbocycles. The fraction of sp³-hybridized carbons (Fsp3) is 0.792. The molecule has 1 aliphatic heterocycles. The molecule has 1 saturated heterocycles. The van der Waals surface area contributed by atoms with Crippen LogP contribution in [0.5, 0.6) is 0 Å². The number of aliphatic hydroxyl groups is 3. The molecule has 0 spiro atoms. The van der Waals surface area contributed by atoms with Gasteiger partial charge in [0.15, 0.2) is 6.29 Å². The Kier molecular flexibility index (Phi) is 50.9. The molecule has 628 valence electrons. The van der Waals surface area contributed by atoms with Gasteiger partial charge in [-0.1, -0.05) is 87.3 Å². The number of nitrogens with zero attached hydrogens (tertiary/aromatic N) is 3. The van der Waals surface area contributed by atoms with Crippen molar-refractivity contribution in [3.05, 3.63) is 35.8 Å². The number of aliphatic carboxylic acids is 1. The number of carboxylic acid groups (broad SMARTS) is 1. The van der Waals surface area contributed by atoms with Crippen LogP contribution in [0, 0.1) is 28.2 Å². The maximum atomic E-state index is 15.9. The Hall–Kier alpha value is -4.48. The average molecular weight is 1650 g/mol. The normalized spacial score (nSPS) is 19.0. The molecule has 0 aromatic carbocycles. The third kappa shape index (κ3) is 35.7. The molecule has 0 aliphatic carbocycles. The van der Waals surface area contributed by atoms with E-state index in [0.717, 1.165) is 29.6 Å². The summed E-state index contributed by atoms with van der Waals surface area (Å²) in [5.74, 6) is -4.98. The van der Waals surface area contributed by atoms with E-state index in [4.69, 9.17) is 70.9 Å². The first kappa shape index (κ1) is 102. The smallest absolute Gasteiger partial charge is 0.322 e. The van der Waals surface area contributed by atoms with E-state index in [9.17, 15) is 49.2 Å². The van der Waals surface area contributed by atoms with Gasteiger partial charge in [0.2, 0.25) is 11.4 Å². The number of aliphatic hydroxyl groups excluding tert-OH is 3. The highest BCUT2D eigenvalue weighted by Crippen LogP contribution is 2.63. The van der Waals surface area contributed by atoms with Crippen molar-refractivity contribution in [3.63, 3.8) is 0 Å². The van der Waals surface area contributed by atoms with E-state index in [2.05, 4.69) is 15.1 Å². The Balaban J connectivity index is 2.11. The first-order chi connectivity index (χ1) is 52.3. The molecule has 2 heterocycles. The number of aromatic nitrogens is 1. The second kappa shape index (κ2) is 55.1. The molecule has 33 heteroatoms. The second-order valence-corrected chi connectivity index (χ2v) is 35.2. The molecule has 1 aromatic heterocycles. The van der Waals surface area contributed by atoms with E-state index in [1.165, 1.54) is 68.2 Å². The minimum atomic E-state index is -2.46. The Bertz CT molecular complexity index is 2980. The number of unbranched alkanes of at least 4 members (excludes halogenated alkanes) is 4. The van der Waals surface area contributed by atoms with Crippen LogP contribution in [0.4, 0.5) is 0 Å². The van der Waals surface area contributed by atoms with Gasteiger partial charge < -0.3 is 87.6 Å². The van der Waals surface area contributed by atoms with Crippen molar-refractivity contribution in [2.45, 2.75) is 237 Å². The van der Waals surface area contributed by atoms with Gasteiger partial charge in [-0.25, -0.2) is 11.6 Å². The Morgan fingerprint density at radius 1 is 0.636 bits per heavy atom. The van der Waals surface area contributed by atoms with Crippen LogP contribution in [0.2, 0.25) is 0 Å². The molecule has 1 fully saturated rings. The number of ether oxygens (including phenoxy) is 11. The number of carboxylic acids is 1. The average Bonchev–Trinajstić information content (AvgIpc) is 0.815. The van der Waals surface area contributed by atoms with Crippen molar-refractivity contribution in [2.24, 2.45) is 21.7 Å². The maximum Gasteiger partial charge on any atom is 0.322 e. The molecular formula is C77H126N4O24S5. The predicted molar refractivity (Wildman–Crippen MR) is 426 cm³/mol. The molecule has 110 heavy (non-hydrogen) atoms. The third-order valence-electron chi connectivity index (χ3n) is 19.4. The van der Waals surface area contributed by atoms with E-state index < -0.39 is 124 Å². The number of methoxy groups -OCH3 is 1. The molecule has 0 bridgehead atoms. The first-order valence-corrected chi connectivity index (χ1v) is 42.7. The molecule has 1 amide bonds. The molecule has 11 atom stereocenters. The zero-order valence-electron chi connectivity index (χ0n) is 66.9. The standard InChI is InChI=1S/C77H126N4O24S5/c1-14-17-39-101-68(92)74(7,54-77(33-15-2,66(89)90)55-75(8,109-71(106)107-16-3)69(93)104-50-51-108-110-61-29-21-22-35-79-61)76(9,70(94)102-43-36-81(11)12)73(6,67(91)103-49-44-95-13)53-72(5,78-10)34-30-57(84)27-24-37-96-45-48-99-42-32-59(86)28-25-38-97-46-47-98-41-31-58(85)26-20-18-19-23-40-100-65-62(80-56(4)83)64(88)63(87)60(52-82)105-65/h21-22,29,35,60,62-65,82,87-88H,14-20,23-28,30-34,36-55H2,1-9,11-13H3,(H,80,83)(H,89,90)/t60-,62-,63+,64-,65-,72?,73?,74?,75?,76?,77?/m1/s1. The van der Waals surface area contributed by atoms with Gasteiger partial charge in [0, 0.05) is 111 Å². The fourth-order valence-corrected chi connectivity index (χ4v) is 17.8. The van der Waals surface area contributed by atoms with Gasteiger partial charge in [-0.05, 0) is 122 Å². The molecule has 2 rings (SSSR count). The van der Waals surface area contributed by atoms with Gasteiger partial charge in [0.05, 0.1) is 81.1 Å². The minimum absolute atomic E-state index is 0.0108. The quantitative estimate of drug-likeness (QED) is 0.0101. The number of carbonyl (C=O) groups excluding carboxylic acids is 8. The number of hydrogen-bond donors (Lipinski definition) is 5. The number of carbonyl (C=O) groups is 9. The maximum absolute atomic E-state index is 15.9. The van der Waals surface area contributed by atoms with Crippen LogP contribution < -0.4 is 5.32 Å². The Morgan fingerprint density at radius 3 is 1.75 bits per heavy atom. The summed E-state index contributed by atoms with van der Waals surface area (Å²) >= 11 is 8.08. The molecule has 1 aliphatic rings. The van der Waals surface area contributed by atoms with Crippen molar-refractivity contribution in [1.82, 2.24) is 15.2 Å². The summed E-state index contributed by atoms with van der Waals surface area (Å²) in [6, 6.07) is 4.50. The fourth-order valence-electron chi connectivity index (χ4n) is 13.0. The Morgan fingerprint density at radius 2 is 1.21 bits per heavy atom. The lowest BCUT2D eigenvalue weighted by Crippen LogP contribution is -2.64. The lowest BCUT2D eigenvalue weighted by molar-refractivity contribution is -0.270. The van der Waals surface area contributed by atoms with E-state index in [0.29, 0.717) is 86.2 Å². The van der Waals surface area contributed by atoms with Gasteiger partial charge in [-0.3, -0.25) is 43.2 Å². The van der Waals surface area contributed by atoms with Crippen LogP contribution in [0.25, 0.3) is 4.85 Å². The summed E-state index contributed by atoms with van der Waals surface area (Å²) in [6.07, 6.45) is 0.855.